The van der Waals surface area contributed by atoms with Gasteiger partial charge in [0.1, 0.15) is 0 Å². The van der Waals surface area contributed by atoms with Gasteiger partial charge < -0.3 is 14.9 Å². The molecule has 4 nitrogen and oxygen atoms in total. The van der Waals surface area contributed by atoms with E-state index in [0.717, 1.165) is 10.0 Å². The normalized spacial score (nSPS) is 12.4. The Morgan fingerprint density at radius 2 is 1.95 bits per heavy atom. The Kier molecular flexibility index (Phi) is 5.82. The number of hydrogen-bond acceptors (Lipinski definition) is 2. The number of aliphatic hydroxyl groups is 1. The Morgan fingerprint density at radius 3 is 2.42 bits per heavy atom. The number of hydrogen-bond donors (Lipinski definition) is 1. The van der Waals surface area contributed by atoms with E-state index in [1.54, 1.807) is 23.9 Å². The molecule has 0 radical (unpaired) electrons. The Bertz CT molecular complexity index is 437. The van der Waals surface area contributed by atoms with Crippen LogP contribution in [0, 0.1) is 0 Å². The average molecular weight is 329 g/mol. The van der Waals surface area contributed by atoms with Gasteiger partial charge in [0.15, 0.2) is 0 Å². The highest BCUT2D eigenvalue weighted by atomic mass is 79.9. The molecule has 1 aromatic rings. The molecule has 0 aliphatic carbocycles. The van der Waals surface area contributed by atoms with Crippen LogP contribution >= 0.6 is 15.9 Å². The van der Waals surface area contributed by atoms with Crippen LogP contribution in [0.1, 0.15) is 25.5 Å². The number of halogens is 1. The largest absolute Gasteiger partial charge is 0.394 e. The smallest absolute Gasteiger partial charge is 0.320 e. The van der Waals surface area contributed by atoms with Crippen molar-refractivity contribution in [1.82, 2.24) is 9.80 Å². The van der Waals surface area contributed by atoms with E-state index in [-0.39, 0.29) is 24.7 Å². The average Bonchev–Trinajstić information content (AvgIpc) is 2.37. The van der Waals surface area contributed by atoms with Crippen molar-refractivity contribution in [3.8, 4) is 0 Å². The van der Waals surface area contributed by atoms with Crippen LogP contribution in [0.25, 0.3) is 0 Å². The van der Waals surface area contributed by atoms with Crippen molar-refractivity contribution in [2.75, 3.05) is 20.7 Å². The second kappa shape index (κ2) is 6.91. The molecule has 0 fully saturated rings. The predicted molar refractivity (Wildman–Crippen MR) is 80.0 cm³/mol. The fraction of sp³-hybridized carbons (Fsp3) is 0.500. The van der Waals surface area contributed by atoms with E-state index in [4.69, 9.17) is 0 Å². The van der Waals surface area contributed by atoms with E-state index in [1.165, 1.54) is 0 Å². The van der Waals surface area contributed by atoms with Gasteiger partial charge in [-0.15, -0.1) is 0 Å². The summed E-state index contributed by atoms with van der Waals surface area (Å²) in [6.07, 6.45) is 0. The fourth-order valence-corrected chi connectivity index (χ4v) is 2.19. The Balaban J connectivity index is 2.94. The first-order valence-corrected chi connectivity index (χ1v) is 7.03. The van der Waals surface area contributed by atoms with Crippen LogP contribution in [-0.2, 0) is 0 Å². The van der Waals surface area contributed by atoms with Crippen LogP contribution < -0.4 is 0 Å². The molecule has 1 aromatic carbocycles. The fourth-order valence-electron chi connectivity index (χ4n) is 1.77. The monoisotopic (exact) mass is 328 g/mol. The third-order valence-electron chi connectivity index (χ3n) is 3.25. The zero-order valence-corrected chi connectivity index (χ0v) is 13.4. The van der Waals surface area contributed by atoms with Crippen LogP contribution in [0.4, 0.5) is 4.79 Å². The van der Waals surface area contributed by atoms with Crippen LogP contribution in [0.2, 0.25) is 0 Å². The first-order valence-electron chi connectivity index (χ1n) is 6.24. The molecular formula is C14H21BrN2O2. The SMILES string of the molecule is CC(C)N(C)C(=O)N(C)[C@H](CO)c1cccc(Br)c1. The van der Waals surface area contributed by atoms with Crippen molar-refractivity contribution in [3.05, 3.63) is 34.3 Å². The van der Waals surface area contributed by atoms with Crippen LogP contribution in [0.3, 0.4) is 0 Å². The molecule has 2 amide bonds. The Morgan fingerprint density at radius 1 is 1.32 bits per heavy atom. The topological polar surface area (TPSA) is 43.8 Å². The lowest BCUT2D eigenvalue weighted by Gasteiger charge is -2.33. The second-order valence-corrected chi connectivity index (χ2v) is 5.77. The first kappa shape index (κ1) is 16.0. The zero-order valence-electron chi connectivity index (χ0n) is 11.8. The Hall–Kier alpha value is -1.07. The maximum absolute atomic E-state index is 12.3. The number of rotatable bonds is 4. The highest BCUT2D eigenvalue weighted by molar-refractivity contribution is 9.10. The summed E-state index contributed by atoms with van der Waals surface area (Å²) in [5.41, 5.74) is 0.907. The van der Waals surface area contributed by atoms with Crippen LogP contribution in [0.5, 0.6) is 0 Å². The lowest BCUT2D eigenvalue weighted by molar-refractivity contribution is 0.120. The van der Waals surface area contributed by atoms with Crippen molar-refractivity contribution < 1.29 is 9.90 Å². The van der Waals surface area contributed by atoms with E-state index in [2.05, 4.69) is 15.9 Å². The predicted octanol–water partition coefficient (Wildman–Crippen LogP) is 2.87. The van der Waals surface area contributed by atoms with Gasteiger partial charge in [-0.2, -0.15) is 0 Å². The summed E-state index contributed by atoms with van der Waals surface area (Å²) in [7, 11) is 3.47. The number of carbonyl (C=O) groups excluding carboxylic acids is 1. The van der Waals surface area contributed by atoms with Gasteiger partial charge in [-0.1, -0.05) is 28.1 Å². The summed E-state index contributed by atoms with van der Waals surface area (Å²) in [5.74, 6) is 0. The summed E-state index contributed by atoms with van der Waals surface area (Å²) in [6, 6.07) is 7.31. The number of benzene rings is 1. The maximum Gasteiger partial charge on any atom is 0.320 e. The Labute approximate surface area is 123 Å². The number of likely N-dealkylation sites (N-methyl/N-ethyl adjacent to an activating group) is 1. The molecule has 0 saturated carbocycles. The highest BCUT2D eigenvalue weighted by Crippen LogP contribution is 2.23. The minimum absolute atomic E-state index is 0.103. The van der Waals surface area contributed by atoms with Gasteiger partial charge in [-0.3, -0.25) is 0 Å². The summed E-state index contributed by atoms with van der Waals surface area (Å²) >= 11 is 3.40. The molecule has 0 heterocycles. The van der Waals surface area contributed by atoms with Crippen LogP contribution in [0.15, 0.2) is 28.7 Å². The minimum atomic E-state index is -0.341. The molecule has 0 aliphatic heterocycles. The van der Waals surface area contributed by atoms with E-state index in [1.807, 2.05) is 38.1 Å². The molecule has 19 heavy (non-hydrogen) atoms. The van der Waals surface area contributed by atoms with E-state index in [9.17, 15) is 9.90 Å². The molecule has 0 saturated heterocycles. The van der Waals surface area contributed by atoms with Gasteiger partial charge >= 0.3 is 6.03 Å². The third-order valence-corrected chi connectivity index (χ3v) is 3.75. The number of nitrogens with zero attached hydrogens (tertiary/aromatic N) is 2. The summed E-state index contributed by atoms with van der Waals surface area (Å²) in [4.78, 5) is 15.5. The molecule has 5 heteroatoms. The molecule has 1 N–H and O–H groups in total. The van der Waals surface area contributed by atoms with E-state index in [0.29, 0.717) is 0 Å². The lowest BCUT2D eigenvalue weighted by atomic mass is 10.1. The molecule has 106 valence electrons. The number of aliphatic hydroxyl groups excluding tert-OH is 1. The van der Waals surface area contributed by atoms with Gasteiger partial charge in [0.2, 0.25) is 0 Å². The highest BCUT2D eigenvalue weighted by Gasteiger charge is 2.24. The van der Waals surface area contributed by atoms with Crippen molar-refractivity contribution in [1.29, 1.82) is 0 Å². The molecule has 0 aliphatic rings. The van der Waals surface area contributed by atoms with Gasteiger partial charge in [-0.25, -0.2) is 4.79 Å². The van der Waals surface area contributed by atoms with Gasteiger partial charge in [0.25, 0.3) is 0 Å². The van der Waals surface area contributed by atoms with E-state index >= 15 is 0 Å². The van der Waals surface area contributed by atoms with Crippen LogP contribution in [-0.4, -0.2) is 47.7 Å². The molecular weight excluding hydrogens is 308 g/mol. The maximum atomic E-state index is 12.3. The standard InChI is InChI=1S/C14H21BrN2O2/c1-10(2)16(3)14(19)17(4)13(9-18)11-6-5-7-12(15)8-11/h5-8,10,13,18H,9H2,1-4H3/t13-/m1/s1. The molecule has 0 bridgehead atoms. The minimum Gasteiger partial charge on any atom is -0.394 e. The summed E-state index contributed by atoms with van der Waals surface area (Å²) in [6.45, 7) is 3.81. The molecule has 0 unspecified atom stereocenters. The summed E-state index contributed by atoms with van der Waals surface area (Å²) < 4.78 is 0.932. The van der Waals surface area contributed by atoms with E-state index < -0.39 is 0 Å². The van der Waals surface area contributed by atoms with Crippen molar-refractivity contribution in [3.63, 3.8) is 0 Å². The molecule has 1 atom stereocenters. The lowest BCUT2D eigenvalue weighted by Crippen LogP contribution is -2.44. The molecule has 1 rings (SSSR count). The van der Waals surface area contributed by atoms with Crippen molar-refractivity contribution >= 4 is 22.0 Å². The van der Waals surface area contributed by atoms with Gasteiger partial charge in [-0.05, 0) is 31.5 Å². The molecule has 0 spiro atoms. The van der Waals surface area contributed by atoms with Crippen molar-refractivity contribution in [2.45, 2.75) is 25.9 Å². The first-order chi connectivity index (χ1) is 8.88. The van der Waals surface area contributed by atoms with Gasteiger partial charge in [0.05, 0.1) is 12.6 Å². The summed E-state index contributed by atoms with van der Waals surface area (Å²) in [5, 5.41) is 9.58. The number of carbonyl (C=O) groups is 1. The quantitative estimate of drug-likeness (QED) is 0.923. The second-order valence-electron chi connectivity index (χ2n) is 4.85. The zero-order chi connectivity index (χ0) is 14.6. The van der Waals surface area contributed by atoms with Crippen molar-refractivity contribution in [2.24, 2.45) is 0 Å². The number of urea groups is 1. The third kappa shape index (κ3) is 3.94. The molecule has 0 aromatic heterocycles. The van der Waals surface area contributed by atoms with Gasteiger partial charge in [0, 0.05) is 24.6 Å². The number of amides is 2.